The van der Waals surface area contributed by atoms with Gasteiger partial charge in [0, 0.05) is 17.6 Å². The lowest BCUT2D eigenvalue weighted by atomic mass is 10.1. The number of para-hydroxylation sites is 1. The molecule has 5 nitrogen and oxygen atoms in total. The SMILES string of the molecule is COc1ccccc1-c1nnc(S[C@@H](C)C(=O)c2ccc(Cl)cc2)n1C. The normalized spacial score (nSPS) is 12.0. The summed E-state index contributed by atoms with van der Waals surface area (Å²) >= 11 is 7.26. The van der Waals surface area contributed by atoms with Gasteiger partial charge in [0.2, 0.25) is 0 Å². The van der Waals surface area contributed by atoms with Gasteiger partial charge in [-0.2, -0.15) is 0 Å². The molecule has 1 atom stereocenters. The number of ketones is 1. The lowest BCUT2D eigenvalue weighted by Gasteiger charge is -2.11. The van der Waals surface area contributed by atoms with Gasteiger partial charge in [-0.05, 0) is 43.3 Å². The molecule has 0 fully saturated rings. The number of hydrogen-bond acceptors (Lipinski definition) is 5. The molecule has 1 aromatic heterocycles. The summed E-state index contributed by atoms with van der Waals surface area (Å²) < 4.78 is 7.27. The van der Waals surface area contributed by atoms with Crippen LogP contribution in [-0.4, -0.2) is 32.9 Å². The minimum absolute atomic E-state index is 0.0218. The summed E-state index contributed by atoms with van der Waals surface area (Å²) in [5.74, 6) is 1.44. The average molecular weight is 388 g/mol. The van der Waals surface area contributed by atoms with Crippen LogP contribution in [0.3, 0.4) is 0 Å². The summed E-state index contributed by atoms with van der Waals surface area (Å²) in [6, 6.07) is 14.5. The van der Waals surface area contributed by atoms with Gasteiger partial charge in [0.1, 0.15) is 5.75 Å². The Morgan fingerprint density at radius 2 is 1.85 bits per heavy atom. The van der Waals surface area contributed by atoms with Crippen LogP contribution in [0, 0.1) is 0 Å². The molecule has 0 aliphatic rings. The van der Waals surface area contributed by atoms with E-state index in [1.54, 1.807) is 31.4 Å². The van der Waals surface area contributed by atoms with Crippen molar-refractivity contribution in [1.82, 2.24) is 14.8 Å². The van der Waals surface area contributed by atoms with E-state index < -0.39 is 0 Å². The highest BCUT2D eigenvalue weighted by molar-refractivity contribution is 8.00. The number of benzene rings is 2. The van der Waals surface area contributed by atoms with Crippen molar-refractivity contribution in [3.8, 4) is 17.1 Å². The fourth-order valence-electron chi connectivity index (χ4n) is 2.54. The Kier molecular flexibility index (Phi) is 5.64. The van der Waals surface area contributed by atoms with E-state index in [1.807, 2.05) is 42.8 Å². The number of halogens is 1. The zero-order chi connectivity index (χ0) is 18.7. The molecule has 3 aromatic rings. The van der Waals surface area contributed by atoms with Crippen molar-refractivity contribution in [1.29, 1.82) is 0 Å². The van der Waals surface area contributed by atoms with E-state index >= 15 is 0 Å². The molecular weight excluding hydrogens is 370 g/mol. The smallest absolute Gasteiger partial charge is 0.191 e. The largest absolute Gasteiger partial charge is 0.496 e. The molecule has 26 heavy (non-hydrogen) atoms. The molecule has 0 spiro atoms. The lowest BCUT2D eigenvalue weighted by Crippen LogP contribution is -2.14. The number of rotatable bonds is 6. The highest BCUT2D eigenvalue weighted by Gasteiger charge is 2.21. The highest BCUT2D eigenvalue weighted by atomic mass is 35.5. The Bertz CT molecular complexity index is 925. The maximum atomic E-state index is 12.6. The predicted molar refractivity (Wildman–Crippen MR) is 104 cm³/mol. The summed E-state index contributed by atoms with van der Waals surface area (Å²) in [5, 5.41) is 9.49. The third kappa shape index (κ3) is 3.76. The standard InChI is InChI=1S/C19H18ClN3O2S/c1-12(17(24)13-8-10-14(20)11-9-13)26-19-22-21-18(23(19)2)15-6-4-5-7-16(15)25-3/h4-12H,1-3H3/t12-/m0/s1. The number of Topliss-reactive ketones (excluding diaryl/α,β-unsaturated/α-hetero) is 1. The van der Waals surface area contributed by atoms with E-state index in [-0.39, 0.29) is 11.0 Å². The van der Waals surface area contributed by atoms with Crippen molar-refractivity contribution < 1.29 is 9.53 Å². The fraction of sp³-hybridized carbons (Fsp3) is 0.211. The molecule has 0 N–H and O–H groups in total. The van der Waals surface area contributed by atoms with Gasteiger partial charge in [0.15, 0.2) is 16.8 Å². The van der Waals surface area contributed by atoms with Gasteiger partial charge in [-0.1, -0.05) is 35.5 Å². The lowest BCUT2D eigenvalue weighted by molar-refractivity contribution is 0.0994. The van der Waals surface area contributed by atoms with Gasteiger partial charge in [0.05, 0.1) is 17.9 Å². The van der Waals surface area contributed by atoms with Crippen LogP contribution in [0.4, 0.5) is 0 Å². The summed E-state index contributed by atoms with van der Waals surface area (Å²) in [6.07, 6.45) is 0. The first-order valence-electron chi connectivity index (χ1n) is 8.00. The number of carbonyl (C=O) groups excluding carboxylic acids is 1. The topological polar surface area (TPSA) is 57.0 Å². The van der Waals surface area contributed by atoms with E-state index in [1.165, 1.54) is 11.8 Å². The Morgan fingerprint density at radius 1 is 1.15 bits per heavy atom. The predicted octanol–water partition coefficient (Wildman–Crippen LogP) is 4.51. The van der Waals surface area contributed by atoms with E-state index in [2.05, 4.69) is 10.2 Å². The molecule has 0 bridgehead atoms. The summed E-state index contributed by atoms with van der Waals surface area (Å²) in [4.78, 5) is 12.6. The Morgan fingerprint density at radius 3 is 2.54 bits per heavy atom. The molecule has 0 saturated carbocycles. The molecule has 2 aromatic carbocycles. The van der Waals surface area contributed by atoms with Crippen LogP contribution in [0.2, 0.25) is 5.02 Å². The third-order valence-corrected chi connectivity index (χ3v) is 5.35. The van der Waals surface area contributed by atoms with Crippen molar-refractivity contribution in [2.45, 2.75) is 17.3 Å². The minimum Gasteiger partial charge on any atom is -0.496 e. The first-order valence-corrected chi connectivity index (χ1v) is 9.26. The number of nitrogens with zero attached hydrogens (tertiary/aromatic N) is 3. The first-order chi connectivity index (χ1) is 12.5. The van der Waals surface area contributed by atoms with Crippen molar-refractivity contribution in [2.24, 2.45) is 7.05 Å². The van der Waals surface area contributed by atoms with Crippen LogP contribution in [0.25, 0.3) is 11.4 Å². The number of hydrogen-bond donors (Lipinski definition) is 0. The molecule has 0 saturated heterocycles. The third-order valence-electron chi connectivity index (χ3n) is 3.96. The fourth-order valence-corrected chi connectivity index (χ4v) is 3.56. The van der Waals surface area contributed by atoms with Gasteiger partial charge in [0.25, 0.3) is 0 Å². The van der Waals surface area contributed by atoms with E-state index in [4.69, 9.17) is 16.3 Å². The molecule has 0 unspecified atom stereocenters. The summed E-state index contributed by atoms with van der Waals surface area (Å²) in [6.45, 7) is 1.86. The Balaban J connectivity index is 1.82. The molecule has 0 aliphatic heterocycles. The zero-order valence-electron chi connectivity index (χ0n) is 14.6. The quantitative estimate of drug-likeness (QED) is 0.460. The highest BCUT2D eigenvalue weighted by Crippen LogP contribution is 2.31. The van der Waals surface area contributed by atoms with Crippen molar-refractivity contribution >= 4 is 29.1 Å². The molecule has 1 heterocycles. The maximum Gasteiger partial charge on any atom is 0.191 e. The second kappa shape index (κ2) is 7.93. The van der Waals surface area contributed by atoms with Crippen LogP contribution in [-0.2, 0) is 7.05 Å². The van der Waals surface area contributed by atoms with Crippen molar-refractivity contribution in [3.05, 3.63) is 59.1 Å². The molecule has 7 heteroatoms. The van der Waals surface area contributed by atoms with Gasteiger partial charge in [-0.25, -0.2) is 0 Å². The first kappa shape index (κ1) is 18.5. The second-order valence-corrected chi connectivity index (χ2v) is 7.44. The summed E-state index contributed by atoms with van der Waals surface area (Å²) in [5.41, 5.74) is 1.48. The van der Waals surface area contributed by atoms with Crippen molar-refractivity contribution in [3.63, 3.8) is 0 Å². The van der Waals surface area contributed by atoms with Crippen LogP contribution in [0.15, 0.2) is 53.7 Å². The number of carbonyl (C=O) groups is 1. The Hall–Kier alpha value is -2.31. The zero-order valence-corrected chi connectivity index (χ0v) is 16.2. The number of aromatic nitrogens is 3. The second-order valence-electron chi connectivity index (χ2n) is 5.70. The minimum atomic E-state index is -0.301. The number of thioether (sulfide) groups is 1. The molecule has 3 rings (SSSR count). The molecule has 0 amide bonds. The summed E-state index contributed by atoms with van der Waals surface area (Å²) in [7, 11) is 3.50. The molecular formula is C19H18ClN3O2S. The van der Waals surface area contributed by atoms with Gasteiger partial charge in [-0.3, -0.25) is 4.79 Å². The molecule has 134 valence electrons. The maximum absolute atomic E-state index is 12.6. The monoisotopic (exact) mass is 387 g/mol. The molecule has 0 radical (unpaired) electrons. The van der Waals surface area contributed by atoms with Gasteiger partial charge >= 0.3 is 0 Å². The van der Waals surface area contributed by atoms with Crippen LogP contribution in [0.1, 0.15) is 17.3 Å². The van der Waals surface area contributed by atoms with Gasteiger partial charge in [-0.15, -0.1) is 10.2 Å². The molecule has 0 aliphatic carbocycles. The van der Waals surface area contributed by atoms with E-state index in [0.717, 1.165) is 11.3 Å². The van der Waals surface area contributed by atoms with E-state index in [9.17, 15) is 4.79 Å². The van der Waals surface area contributed by atoms with Crippen LogP contribution < -0.4 is 4.74 Å². The number of ether oxygens (including phenoxy) is 1. The van der Waals surface area contributed by atoms with Crippen LogP contribution >= 0.6 is 23.4 Å². The van der Waals surface area contributed by atoms with Crippen molar-refractivity contribution in [2.75, 3.05) is 7.11 Å². The Labute approximate surface area is 161 Å². The number of methoxy groups -OCH3 is 1. The van der Waals surface area contributed by atoms with E-state index in [0.29, 0.717) is 21.6 Å². The van der Waals surface area contributed by atoms with Gasteiger partial charge < -0.3 is 9.30 Å². The van der Waals surface area contributed by atoms with Crippen LogP contribution in [0.5, 0.6) is 5.75 Å². The average Bonchev–Trinajstić information content (AvgIpc) is 3.02.